The SMILES string of the molecule is CC(C)(C)c1ccc(-c2noc(C3CC(=O)N(c4ccccc4Cl)C3)n2)cc1. The summed E-state index contributed by atoms with van der Waals surface area (Å²) in [6, 6.07) is 15.5. The van der Waals surface area contributed by atoms with E-state index in [2.05, 4.69) is 43.0 Å². The second kappa shape index (κ2) is 7.06. The Kier molecular flexibility index (Phi) is 4.71. The number of halogens is 1. The van der Waals surface area contributed by atoms with Crippen LogP contribution in [0.5, 0.6) is 0 Å². The molecular formula is C22H22ClN3O2. The molecule has 4 rings (SSSR count). The van der Waals surface area contributed by atoms with Gasteiger partial charge in [0.15, 0.2) is 0 Å². The summed E-state index contributed by atoms with van der Waals surface area (Å²) in [4.78, 5) is 18.7. The van der Waals surface area contributed by atoms with Crippen molar-refractivity contribution in [2.24, 2.45) is 0 Å². The van der Waals surface area contributed by atoms with Crippen molar-refractivity contribution in [1.82, 2.24) is 10.1 Å². The highest BCUT2D eigenvalue weighted by Gasteiger charge is 2.35. The molecule has 0 saturated carbocycles. The fourth-order valence-electron chi connectivity index (χ4n) is 3.41. The molecule has 1 unspecified atom stereocenters. The van der Waals surface area contributed by atoms with Crippen molar-refractivity contribution in [3.8, 4) is 11.4 Å². The average molecular weight is 396 g/mol. The number of para-hydroxylation sites is 1. The number of amides is 1. The Labute approximate surface area is 169 Å². The Hall–Kier alpha value is -2.66. The summed E-state index contributed by atoms with van der Waals surface area (Å²) in [5.41, 5.74) is 2.95. The molecule has 0 bridgehead atoms. The van der Waals surface area contributed by atoms with E-state index >= 15 is 0 Å². The molecule has 1 fully saturated rings. The maximum atomic E-state index is 12.5. The van der Waals surface area contributed by atoms with Crippen LogP contribution in [-0.2, 0) is 10.2 Å². The number of nitrogens with zero attached hydrogens (tertiary/aromatic N) is 3. The van der Waals surface area contributed by atoms with Gasteiger partial charge in [0.25, 0.3) is 0 Å². The van der Waals surface area contributed by atoms with Crippen molar-refractivity contribution >= 4 is 23.2 Å². The molecule has 2 heterocycles. The van der Waals surface area contributed by atoms with E-state index in [1.165, 1.54) is 5.56 Å². The van der Waals surface area contributed by atoms with Crippen LogP contribution in [0.1, 0.15) is 44.6 Å². The minimum absolute atomic E-state index is 0.00683. The van der Waals surface area contributed by atoms with Crippen LogP contribution in [0.15, 0.2) is 53.1 Å². The van der Waals surface area contributed by atoms with Crippen molar-refractivity contribution in [2.75, 3.05) is 11.4 Å². The predicted molar refractivity (Wildman–Crippen MR) is 110 cm³/mol. The summed E-state index contributed by atoms with van der Waals surface area (Å²) >= 11 is 6.25. The van der Waals surface area contributed by atoms with Gasteiger partial charge in [0.1, 0.15) is 0 Å². The Balaban J connectivity index is 1.54. The molecular weight excluding hydrogens is 374 g/mol. The molecule has 6 heteroatoms. The third kappa shape index (κ3) is 3.54. The van der Waals surface area contributed by atoms with E-state index < -0.39 is 0 Å². The molecule has 1 saturated heterocycles. The standard InChI is InChI=1S/C22H22ClN3O2/c1-22(2,3)16-10-8-14(9-11-16)20-24-21(28-25-20)15-12-19(27)26(13-15)18-7-5-4-6-17(18)23/h4-11,15H,12-13H2,1-3H3. The molecule has 28 heavy (non-hydrogen) atoms. The quantitative estimate of drug-likeness (QED) is 0.610. The molecule has 5 nitrogen and oxygen atoms in total. The maximum Gasteiger partial charge on any atom is 0.232 e. The van der Waals surface area contributed by atoms with Crippen molar-refractivity contribution in [2.45, 2.75) is 38.5 Å². The monoisotopic (exact) mass is 395 g/mol. The Morgan fingerprint density at radius 3 is 2.50 bits per heavy atom. The topological polar surface area (TPSA) is 59.2 Å². The highest BCUT2D eigenvalue weighted by Crippen LogP contribution is 2.35. The number of aromatic nitrogens is 2. The third-order valence-corrected chi connectivity index (χ3v) is 5.39. The van der Waals surface area contributed by atoms with Crippen LogP contribution in [0.4, 0.5) is 5.69 Å². The first-order valence-electron chi connectivity index (χ1n) is 9.32. The summed E-state index contributed by atoms with van der Waals surface area (Å²) in [7, 11) is 0. The summed E-state index contributed by atoms with van der Waals surface area (Å²) in [6.45, 7) is 7.01. The molecule has 2 aromatic carbocycles. The second-order valence-electron chi connectivity index (χ2n) is 8.14. The molecule has 1 atom stereocenters. The van der Waals surface area contributed by atoms with Crippen LogP contribution in [0, 0.1) is 0 Å². The molecule has 1 aliphatic heterocycles. The molecule has 1 aromatic heterocycles. The van der Waals surface area contributed by atoms with Gasteiger partial charge in [-0.1, -0.05) is 73.9 Å². The minimum atomic E-state index is -0.140. The van der Waals surface area contributed by atoms with E-state index in [9.17, 15) is 4.79 Å². The summed E-state index contributed by atoms with van der Waals surface area (Å²) < 4.78 is 5.49. The Bertz CT molecular complexity index is 1010. The molecule has 0 radical (unpaired) electrons. The Morgan fingerprint density at radius 2 is 1.82 bits per heavy atom. The predicted octanol–water partition coefficient (Wildman–Crippen LogP) is 5.21. The zero-order chi connectivity index (χ0) is 19.9. The van der Waals surface area contributed by atoms with E-state index in [1.54, 1.807) is 11.0 Å². The van der Waals surface area contributed by atoms with Crippen molar-refractivity contribution < 1.29 is 9.32 Å². The lowest BCUT2D eigenvalue weighted by Gasteiger charge is -2.18. The molecule has 1 aliphatic rings. The van der Waals surface area contributed by atoms with Crippen molar-refractivity contribution in [3.63, 3.8) is 0 Å². The lowest BCUT2D eigenvalue weighted by Crippen LogP contribution is -2.24. The van der Waals surface area contributed by atoms with Crippen molar-refractivity contribution in [3.05, 3.63) is 65.0 Å². The van der Waals surface area contributed by atoms with E-state index in [0.29, 0.717) is 35.4 Å². The van der Waals surface area contributed by atoms with Gasteiger partial charge >= 0.3 is 0 Å². The molecule has 0 N–H and O–H groups in total. The molecule has 3 aromatic rings. The smallest absolute Gasteiger partial charge is 0.232 e. The van der Waals surface area contributed by atoms with Gasteiger partial charge in [0.2, 0.25) is 17.6 Å². The van der Waals surface area contributed by atoms with Gasteiger partial charge in [0.05, 0.1) is 16.6 Å². The first-order chi connectivity index (χ1) is 13.3. The lowest BCUT2D eigenvalue weighted by atomic mass is 9.87. The van der Waals surface area contributed by atoms with Crippen LogP contribution in [0.3, 0.4) is 0 Å². The first-order valence-corrected chi connectivity index (χ1v) is 9.70. The second-order valence-corrected chi connectivity index (χ2v) is 8.55. The van der Waals surface area contributed by atoms with Gasteiger partial charge in [-0.15, -0.1) is 0 Å². The lowest BCUT2D eigenvalue weighted by molar-refractivity contribution is -0.117. The third-order valence-electron chi connectivity index (χ3n) is 5.07. The number of rotatable bonds is 3. The zero-order valence-electron chi connectivity index (χ0n) is 16.1. The van der Waals surface area contributed by atoms with Crippen LogP contribution >= 0.6 is 11.6 Å². The summed E-state index contributed by atoms with van der Waals surface area (Å²) in [5.74, 6) is 0.892. The molecule has 0 aliphatic carbocycles. The number of hydrogen-bond donors (Lipinski definition) is 0. The van der Waals surface area contributed by atoms with Gasteiger partial charge in [0, 0.05) is 18.5 Å². The number of carbonyl (C=O) groups is 1. The average Bonchev–Trinajstić information content (AvgIpc) is 3.29. The van der Waals surface area contributed by atoms with E-state index in [-0.39, 0.29) is 17.2 Å². The number of anilines is 1. The fourth-order valence-corrected chi connectivity index (χ4v) is 3.65. The van der Waals surface area contributed by atoms with Crippen LogP contribution in [0.2, 0.25) is 5.02 Å². The number of benzene rings is 2. The van der Waals surface area contributed by atoms with Crippen LogP contribution < -0.4 is 4.90 Å². The molecule has 1 amide bonds. The van der Waals surface area contributed by atoms with Gasteiger partial charge in [-0.05, 0) is 23.1 Å². The van der Waals surface area contributed by atoms with E-state index in [1.807, 2.05) is 30.3 Å². The number of hydrogen-bond acceptors (Lipinski definition) is 4. The van der Waals surface area contributed by atoms with Crippen LogP contribution in [-0.4, -0.2) is 22.6 Å². The summed E-state index contributed by atoms with van der Waals surface area (Å²) in [6.07, 6.45) is 0.329. The van der Waals surface area contributed by atoms with E-state index in [4.69, 9.17) is 16.1 Å². The van der Waals surface area contributed by atoms with Gasteiger partial charge < -0.3 is 9.42 Å². The van der Waals surface area contributed by atoms with Gasteiger partial charge in [-0.25, -0.2) is 0 Å². The Morgan fingerprint density at radius 1 is 1.11 bits per heavy atom. The fraction of sp³-hybridized carbons (Fsp3) is 0.318. The van der Waals surface area contributed by atoms with Crippen LogP contribution in [0.25, 0.3) is 11.4 Å². The first kappa shape index (κ1) is 18.7. The summed E-state index contributed by atoms with van der Waals surface area (Å²) in [5, 5.41) is 4.68. The number of carbonyl (C=O) groups excluding carboxylic acids is 1. The molecule has 0 spiro atoms. The molecule has 144 valence electrons. The maximum absolute atomic E-state index is 12.5. The zero-order valence-corrected chi connectivity index (χ0v) is 16.9. The van der Waals surface area contributed by atoms with Crippen molar-refractivity contribution in [1.29, 1.82) is 0 Å². The van der Waals surface area contributed by atoms with E-state index in [0.717, 1.165) is 5.56 Å². The largest absolute Gasteiger partial charge is 0.339 e. The highest BCUT2D eigenvalue weighted by atomic mass is 35.5. The minimum Gasteiger partial charge on any atom is -0.339 e. The highest BCUT2D eigenvalue weighted by molar-refractivity contribution is 6.33. The van der Waals surface area contributed by atoms with Gasteiger partial charge in [-0.3, -0.25) is 4.79 Å². The van der Waals surface area contributed by atoms with Gasteiger partial charge in [-0.2, -0.15) is 4.98 Å². The normalized spacial score (nSPS) is 17.4.